The average molecular weight is 245 g/mol. The third-order valence-corrected chi connectivity index (χ3v) is 4.03. The van der Waals surface area contributed by atoms with Crippen LogP contribution in [0.2, 0.25) is 0 Å². The second kappa shape index (κ2) is 5.55. The Morgan fingerprint density at radius 1 is 1.39 bits per heavy atom. The molecular weight excluding hydrogens is 222 g/mol. The molecule has 98 valence electrons. The predicted molar refractivity (Wildman–Crippen MR) is 76.2 cm³/mol. The minimum atomic E-state index is 0.249. The van der Waals surface area contributed by atoms with E-state index in [0.29, 0.717) is 6.42 Å². The fraction of sp³-hybridized carbons (Fsp3) is 0.562. The topological polar surface area (TPSA) is 20.3 Å². The highest BCUT2D eigenvalue weighted by molar-refractivity contribution is 6.01. The number of carbonyl (C=O) groups is 1. The van der Waals surface area contributed by atoms with Crippen molar-refractivity contribution in [3.63, 3.8) is 0 Å². The van der Waals surface area contributed by atoms with E-state index in [1.165, 1.54) is 6.42 Å². The minimum absolute atomic E-state index is 0.249. The molecule has 2 rings (SSSR count). The summed E-state index contributed by atoms with van der Waals surface area (Å²) in [6.45, 7) is 8.68. The molecule has 1 aliphatic rings. The van der Waals surface area contributed by atoms with Crippen LogP contribution in [0.3, 0.4) is 0 Å². The normalized spacial score (nSPS) is 19.6. The molecule has 0 N–H and O–H groups in total. The first-order chi connectivity index (χ1) is 8.63. The second-order valence-electron chi connectivity index (χ2n) is 5.53. The van der Waals surface area contributed by atoms with E-state index in [1.807, 2.05) is 25.1 Å². The molecule has 1 aromatic carbocycles. The van der Waals surface area contributed by atoms with Crippen LogP contribution in [0.1, 0.15) is 44.0 Å². The number of hydrogen-bond donors (Lipinski definition) is 0. The molecule has 1 atom stereocenters. The van der Waals surface area contributed by atoms with Crippen molar-refractivity contribution in [2.75, 3.05) is 18.0 Å². The average Bonchev–Trinajstić information content (AvgIpc) is 2.87. The van der Waals surface area contributed by atoms with Crippen LogP contribution in [0.5, 0.6) is 0 Å². The van der Waals surface area contributed by atoms with Gasteiger partial charge in [0.05, 0.1) is 0 Å². The van der Waals surface area contributed by atoms with Crippen molar-refractivity contribution in [3.8, 4) is 0 Å². The highest BCUT2D eigenvalue weighted by Crippen LogP contribution is 2.30. The van der Waals surface area contributed by atoms with Crippen molar-refractivity contribution in [2.24, 2.45) is 11.8 Å². The van der Waals surface area contributed by atoms with Gasteiger partial charge in [-0.2, -0.15) is 0 Å². The Morgan fingerprint density at radius 2 is 2.11 bits per heavy atom. The molecule has 0 aliphatic carbocycles. The molecule has 2 nitrogen and oxygen atoms in total. The van der Waals surface area contributed by atoms with Crippen molar-refractivity contribution < 1.29 is 4.79 Å². The molecule has 0 aromatic heterocycles. The quantitative estimate of drug-likeness (QED) is 0.753. The van der Waals surface area contributed by atoms with E-state index >= 15 is 0 Å². The van der Waals surface area contributed by atoms with Gasteiger partial charge < -0.3 is 4.90 Å². The molecule has 0 bridgehead atoms. The van der Waals surface area contributed by atoms with Crippen molar-refractivity contribution in [1.29, 1.82) is 0 Å². The Morgan fingerprint density at radius 3 is 2.72 bits per heavy atom. The van der Waals surface area contributed by atoms with Gasteiger partial charge in [-0.15, -0.1) is 0 Å². The van der Waals surface area contributed by atoms with E-state index < -0.39 is 0 Å². The number of hydrogen-bond acceptors (Lipinski definition) is 2. The van der Waals surface area contributed by atoms with E-state index in [0.717, 1.165) is 36.2 Å². The van der Waals surface area contributed by atoms with E-state index in [1.54, 1.807) is 0 Å². The van der Waals surface area contributed by atoms with Gasteiger partial charge in [-0.3, -0.25) is 4.79 Å². The SMILES string of the molecule is CCC(=O)c1ccccc1N1CCC(C(C)C)C1. The Bertz CT molecular complexity index is 425. The minimum Gasteiger partial charge on any atom is -0.371 e. The molecule has 0 saturated carbocycles. The second-order valence-corrected chi connectivity index (χ2v) is 5.53. The Labute approximate surface area is 110 Å². The van der Waals surface area contributed by atoms with Gasteiger partial charge in [0, 0.05) is 30.8 Å². The first kappa shape index (κ1) is 13.1. The lowest BCUT2D eigenvalue weighted by molar-refractivity contribution is 0.0988. The molecule has 2 heteroatoms. The lowest BCUT2D eigenvalue weighted by Crippen LogP contribution is -2.23. The maximum Gasteiger partial charge on any atom is 0.164 e. The number of para-hydroxylation sites is 1. The van der Waals surface area contributed by atoms with Crippen LogP contribution in [0, 0.1) is 11.8 Å². The molecular formula is C16H23NO. The number of benzene rings is 1. The Balaban J connectivity index is 2.22. The molecule has 0 radical (unpaired) electrons. The fourth-order valence-corrected chi connectivity index (χ4v) is 2.73. The number of rotatable bonds is 4. The highest BCUT2D eigenvalue weighted by atomic mass is 16.1. The number of carbonyl (C=O) groups excluding carboxylic acids is 1. The first-order valence-corrected chi connectivity index (χ1v) is 7.00. The van der Waals surface area contributed by atoms with Crippen LogP contribution in [0.25, 0.3) is 0 Å². The summed E-state index contributed by atoms with van der Waals surface area (Å²) < 4.78 is 0. The van der Waals surface area contributed by atoms with Crippen LogP contribution in [0.4, 0.5) is 5.69 Å². The molecule has 1 unspecified atom stereocenters. The zero-order chi connectivity index (χ0) is 13.1. The maximum atomic E-state index is 12.0. The number of nitrogens with zero attached hydrogens (tertiary/aromatic N) is 1. The number of ketones is 1. The summed E-state index contributed by atoms with van der Waals surface area (Å²) in [5.41, 5.74) is 2.02. The maximum absolute atomic E-state index is 12.0. The monoisotopic (exact) mass is 245 g/mol. The van der Waals surface area contributed by atoms with E-state index in [2.05, 4.69) is 24.8 Å². The molecule has 0 spiro atoms. The summed E-state index contributed by atoms with van der Waals surface area (Å²) in [5, 5.41) is 0. The Kier molecular flexibility index (Phi) is 4.05. The molecule has 18 heavy (non-hydrogen) atoms. The Hall–Kier alpha value is -1.31. The molecule has 0 amide bonds. The standard InChI is InChI=1S/C16H23NO/c1-4-16(18)14-7-5-6-8-15(14)17-10-9-13(11-17)12(2)3/h5-8,12-13H,4,9-11H2,1-3H3. The molecule has 1 aliphatic heterocycles. The van der Waals surface area contributed by atoms with Gasteiger partial charge in [0.15, 0.2) is 5.78 Å². The lowest BCUT2D eigenvalue weighted by atomic mass is 9.95. The summed E-state index contributed by atoms with van der Waals surface area (Å²) in [6, 6.07) is 8.04. The third-order valence-electron chi connectivity index (χ3n) is 4.03. The summed E-state index contributed by atoms with van der Waals surface area (Å²) >= 11 is 0. The van der Waals surface area contributed by atoms with E-state index in [4.69, 9.17) is 0 Å². The van der Waals surface area contributed by atoms with Crippen LogP contribution >= 0.6 is 0 Å². The van der Waals surface area contributed by atoms with Crippen molar-refractivity contribution in [1.82, 2.24) is 0 Å². The van der Waals surface area contributed by atoms with Crippen LogP contribution in [-0.2, 0) is 0 Å². The summed E-state index contributed by atoms with van der Waals surface area (Å²) in [5.74, 6) is 1.73. The molecule has 1 heterocycles. The van der Waals surface area contributed by atoms with E-state index in [-0.39, 0.29) is 5.78 Å². The van der Waals surface area contributed by atoms with Crippen molar-refractivity contribution in [3.05, 3.63) is 29.8 Å². The van der Waals surface area contributed by atoms with Gasteiger partial charge in [-0.05, 0) is 30.4 Å². The van der Waals surface area contributed by atoms with Gasteiger partial charge in [-0.1, -0.05) is 32.9 Å². The van der Waals surface area contributed by atoms with Gasteiger partial charge in [0.2, 0.25) is 0 Å². The third kappa shape index (κ3) is 2.58. The van der Waals surface area contributed by atoms with Crippen molar-refractivity contribution >= 4 is 11.5 Å². The number of Topliss-reactive ketones (excluding diaryl/α,β-unsaturated/α-hetero) is 1. The number of anilines is 1. The van der Waals surface area contributed by atoms with Crippen molar-refractivity contribution in [2.45, 2.75) is 33.6 Å². The van der Waals surface area contributed by atoms with Crippen LogP contribution < -0.4 is 4.90 Å². The van der Waals surface area contributed by atoms with Gasteiger partial charge in [0.25, 0.3) is 0 Å². The van der Waals surface area contributed by atoms with Gasteiger partial charge in [-0.25, -0.2) is 0 Å². The largest absolute Gasteiger partial charge is 0.371 e. The zero-order valence-electron chi connectivity index (χ0n) is 11.6. The molecule has 1 aromatic rings. The highest BCUT2D eigenvalue weighted by Gasteiger charge is 2.26. The van der Waals surface area contributed by atoms with E-state index in [9.17, 15) is 4.79 Å². The van der Waals surface area contributed by atoms with Crippen LogP contribution in [0.15, 0.2) is 24.3 Å². The summed E-state index contributed by atoms with van der Waals surface area (Å²) in [7, 11) is 0. The smallest absolute Gasteiger partial charge is 0.164 e. The summed E-state index contributed by atoms with van der Waals surface area (Å²) in [4.78, 5) is 14.4. The zero-order valence-corrected chi connectivity index (χ0v) is 11.6. The fourth-order valence-electron chi connectivity index (χ4n) is 2.73. The first-order valence-electron chi connectivity index (χ1n) is 7.00. The summed E-state index contributed by atoms with van der Waals surface area (Å²) in [6.07, 6.45) is 1.82. The molecule has 1 fully saturated rings. The van der Waals surface area contributed by atoms with Gasteiger partial charge in [0.1, 0.15) is 0 Å². The lowest BCUT2D eigenvalue weighted by Gasteiger charge is -2.22. The predicted octanol–water partition coefficient (Wildman–Crippen LogP) is 3.76. The van der Waals surface area contributed by atoms with Gasteiger partial charge >= 0.3 is 0 Å². The van der Waals surface area contributed by atoms with Crippen LogP contribution in [-0.4, -0.2) is 18.9 Å². The molecule has 1 saturated heterocycles.